The zero-order chi connectivity index (χ0) is 18.0. The van der Waals surface area contributed by atoms with Crippen molar-refractivity contribution < 1.29 is 28.4 Å². The van der Waals surface area contributed by atoms with E-state index in [0.717, 1.165) is 13.0 Å². The van der Waals surface area contributed by atoms with Gasteiger partial charge in [-0.15, -0.1) is 0 Å². The second kappa shape index (κ2) is 6.98. The average molecular weight is 345 g/mol. The van der Waals surface area contributed by atoms with Gasteiger partial charge in [0, 0.05) is 13.0 Å². The molecule has 0 aliphatic carbocycles. The normalized spacial score (nSPS) is 17.8. The molecule has 2 aromatic heterocycles. The average Bonchev–Trinajstić information content (AvgIpc) is 3.31. The van der Waals surface area contributed by atoms with Crippen LogP contribution in [-0.4, -0.2) is 48.9 Å². The molecule has 25 heavy (non-hydrogen) atoms. The van der Waals surface area contributed by atoms with E-state index in [4.69, 9.17) is 8.83 Å². The van der Waals surface area contributed by atoms with Gasteiger partial charge in [0.15, 0.2) is 11.5 Å². The van der Waals surface area contributed by atoms with E-state index in [1.165, 1.54) is 28.4 Å². The SMILES string of the molecule is C[NH+](C)CCCN1C(=O)C(O)=C(C(=O)c2ccco2)C1c1ccco1. The van der Waals surface area contributed by atoms with Crippen LogP contribution in [0.4, 0.5) is 0 Å². The van der Waals surface area contributed by atoms with Crippen LogP contribution >= 0.6 is 0 Å². The van der Waals surface area contributed by atoms with Gasteiger partial charge in [-0.3, -0.25) is 9.59 Å². The molecule has 3 rings (SSSR count). The Morgan fingerprint density at radius 2 is 1.96 bits per heavy atom. The molecule has 7 nitrogen and oxygen atoms in total. The molecular weight excluding hydrogens is 324 g/mol. The number of carbonyl (C=O) groups is 2. The molecule has 7 heteroatoms. The molecule has 0 bridgehead atoms. The summed E-state index contributed by atoms with van der Waals surface area (Å²) in [5.74, 6) is -1.11. The van der Waals surface area contributed by atoms with Crippen LogP contribution in [0.25, 0.3) is 0 Å². The first-order chi connectivity index (χ1) is 12.0. The number of ketones is 1. The summed E-state index contributed by atoms with van der Waals surface area (Å²) in [6.45, 7) is 1.27. The molecule has 0 aromatic carbocycles. The van der Waals surface area contributed by atoms with Crippen LogP contribution in [-0.2, 0) is 4.79 Å². The number of quaternary nitrogens is 1. The van der Waals surface area contributed by atoms with Crippen LogP contribution in [0.15, 0.2) is 57.0 Å². The van der Waals surface area contributed by atoms with Crippen molar-refractivity contribution in [2.75, 3.05) is 27.2 Å². The second-order valence-electron chi connectivity index (χ2n) is 6.30. The zero-order valence-corrected chi connectivity index (χ0v) is 14.2. The van der Waals surface area contributed by atoms with Gasteiger partial charge < -0.3 is 23.7 Å². The van der Waals surface area contributed by atoms with E-state index in [1.807, 2.05) is 14.1 Å². The maximum absolute atomic E-state index is 12.8. The molecule has 0 fully saturated rings. The molecule has 132 valence electrons. The van der Waals surface area contributed by atoms with Gasteiger partial charge in [0.05, 0.1) is 38.7 Å². The topological polar surface area (TPSA) is 88.3 Å². The van der Waals surface area contributed by atoms with Crippen molar-refractivity contribution in [3.05, 3.63) is 59.6 Å². The van der Waals surface area contributed by atoms with Gasteiger partial charge in [-0.1, -0.05) is 0 Å². The molecule has 0 saturated heterocycles. The summed E-state index contributed by atoms with van der Waals surface area (Å²) >= 11 is 0. The highest BCUT2D eigenvalue weighted by atomic mass is 16.3. The van der Waals surface area contributed by atoms with Crippen molar-refractivity contribution >= 4 is 11.7 Å². The Morgan fingerprint density at radius 1 is 1.24 bits per heavy atom. The maximum atomic E-state index is 12.8. The Kier molecular flexibility index (Phi) is 4.76. The summed E-state index contributed by atoms with van der Waals surface area (Å²) in [7, 11) is 4.05. The lowest BCUT2D eigenvalue weighted by Crippen LogP contribution is -3.05. The van der Waals surface area contributed by atoms with E-state index in [9.17, 15) is 14.7 Å². The number of aliphatic hydroxyl groups is 1. The molecule has 1 aliphatic heterocycles. The summed E-state index contributed by atoms with van der Waals surface area (Å²) < 4.78 is 10.6. The smallest absolute Gasteiger partial charge is 0.290 e. The highest BCUT2D eigenvalue weighted by Gasteiger charge is 2.45. The highest BCUT2D eigenvalue weighted by Crippen LogP contribution is 2.39. The molecule has 1 atom stereocenters. The van der Waals surface area contributed by atoms with E-state index in [2.05, 4.69) is 0 Å². The lowest BCUT2D eigenvalue weighted by atomic mass is 9.99. The van der Waals surface area contributed by atoms with E-state index in [0.29, 0.717) is 12.3 Å². The summed E-state index contributed by atoms with van der Waals surface area (Å²) in [6, 6.07) is 5.71. The fourth-order valence-electron chi connectivity index (χ4n) is 3.00. The molecule has 3 heterocycles. The van der Waals surface area contributed by atoms with Gasteiger partial charge in [0.2, 0.25) is 5.78 Å². The third-order valence-electron chi connectivity index (χ3n) is 4.18. The lowest BCUT2D eigenvalue weighted by Gasteiger charge is -2.24. The summed E-state index contributed by atoms with van der Waals surface area (Å²) in [5, 5.41) is 10.4. The van der Waals surface area contributed by atoms with Crippen LogP contribution in [0, 0.1) is 0 Å². The molecule has 0 radical (unpaired) electrons. The van der Waals surface area contributed by atoms with Gasteiger partial charge in [0.1, 0.15) is 11.8 Å². The van der Waals surface area contributed by atoms with Crippen molar-refractivity contribution in [2.24, 2.45) is 0 Å². The van der Waals surface area contributed by atoms with Gasteiger partial charge >= 0.3 is 0 Å². The second-order valence-corrected chi connectivity index (χ2v) is 6.30. The van der Waals surface area contributed by atoms with E-state index in [-0.39, 0.29) is 11.3 Å². The minimum absolute atomic E-state index is 0.00731. The number of aliphatic hydroxyl groups excluding tert-OH is 1. The number of amides is 1. The Morgan fingerprint density at radius 3 is 2.56 bits per heavy atom. The van der Waals surface area contributed by atoms with Crippen molar-refractivity contribution in [1.29, 1.82) is 0 Å². The molecule has 0 saturated carbocycles. The van der Waals surface area contributed by atoms with Gasteiger partial charge in [-0.05, 0) is 24.3 Å². The number of hydrogen-bond acceptors (Lipinski definition) is 5. The number of furan rings is 2. The van der Waals surface area contributed by atoms with Crippen LogP contribution in [0.5, 0.6) is 0 Å². The molecule has 1 unspecified atom stereocenters. The lowest BCUT2D eigenvalue weighted by molar-refractivity contribution is -0.858. The van der Waals surface area contributed by atoms with E-state index in [1.54, 1.807) is 18.2 Å². The first kappa shape index (κ1) is 17.0. The van der Waals surface area contributed by atoms with Crippen LogP contribution < -0.4 is 4.90 Å². The fraction of sp³-hybridized carbons (Fsp3) is 0.333. The Balaban J connectivity index is 1.94. The standard InChI is InChI=1S/C18H20N2O5/c1-19(2)8-5-9-20-15(12-6-3-10-24-12)14(17(22)18(20)23)16(21)13-7-4-11-25-13/h3-4,6-7,10-11,15,22H,5,8-9H2,1-2H3/p+1. The number of nitrogens with zero attached hydrogens (tertiary/aromatic N) is 1. The summed E-state index contributed by atoms with van der Waals surface area (Å²) in [6.07, 6.45) is 3.59. The first-order valence-electron chi connectivity index (χ1n) is 8.15. The quantitative estimate of drug-likeness (QED) is 0.731. The Labute approximate surface area is 145 Å². The highest BCUT2D eigenvalue weighted by molar-refractivity contribution is 6.14. The van der Waals surface area contributed by atoms with Crippen molar-refractivity contribution in [3.63, 3.8) is 0 Å². The number of Topliss-reactive ketones (excluding diaryl/α,β-unsaturated/α-hetero) is 1. The van der Waals surface area contributed by atoms with Gasteiger partial charge in [-0.25, -0.2) is 0 Å². The van der Waals surface area contributed by atoms with E-state index >= 15 is 0 Å². The Bertz CT molecular complexity index is 775. The molecule has 0 spiro atoms. The van der Waals surface area contributed by atoms with Crippen LogP contribution in [0.2, 0.25) is 0 Å². The summed E-state index contributed by atoms with van der Waals surface area (Å²) in [5.41, 5.74) is -0.00731. The number of nitrogens with one attached hydrogen (secondary N) is 1. The number of hydrogen-bond donors (Lipinski definition) is 2. The molecule has 1 amide bonds. The van der Waals surface area contributed by atoms with Crippen LogP contribution in [0.3, 0.4) is 0 Å². The molecule has 2 N–H and O–H groups in total. The summed E-state index contributed by atoms with van der Waals surface area (Å²) in [4.78, 5) is 28.1. The van der Waals surface area contributed by atoms with Crippen LogP contribution in [0.1, 0.15) is 28.8 Å². The fourth-order valence-corrected chi connectivity index (χ4v) is 3.00. The minimum Gasteiger partial charge on any atom is -0.503 e. The first-order valence-corrected chi connectivity index (χ1v) is 8.15. The van der Waals surface area contributed by atoms with Crippen molar-refractivity contribution in [1.82, 2.24) is 4.90 Å². The van der Waals surface area contributed by atoms with Gasteiger partial charge in [0.25, 0.3) is 5.91 Å². The molecule has 1 aliphatic rings. The molecular formula is C18H21N2O5+. The third kappa shape index (κ3) is 3.23. The third-order valence-corrected chi connectivity index (χ3v) is 4.18. The monoisotopic (exact) mass is 345 g/mol. The predicted octanol–water partition coefficient (Wildman–Crippen LogP) is 0.986. The zero-order valence-electron chi connectivity index (χ0n) is 14.2. The largest absolute Gasteiger partial charge is 0.503 e. The molecule has 2 aromatic rings. The van der Waals surface area contributed by atoms with Gasteiger partial charge in [-0.2, -0.15) is 0 Å². The van der Waals surface area contributed by atoms with E-state index < -0.39 is 23.5 Å². The number of rotatable bonds is 7. The maximum Gasteiger partial charge on any atom is 0.290 e. The van der Waals surface area contributed by atoms with Crippen molar-refractivity contribution in [2.45, 2.75) is 12.5 Å². The Hall–Kier alpha value is -2.80. The van der Waals surface area contributed by atoms with Crippen molar-refractivity contribution in [3.8, 4) is 0 Å². The minimum atomic E-state index is -0.753. The number of carbonyl (C=O) groups excluding carboxylic acids is 2. The predicted molar refractivity (Wildman–Crippen MR) is 88.2 cm³/mol.